The Morgan fingerprint density at radius 3 is 2.79 bits per heavy atom. The molecule has 0 amide bonds. The van der Waals surface area contributed by atoms with Gasteiger partial charge in [-0.3, -0.25) is 14.2 Å². The van der Waals surface area contributed by atoms with Crippen LogP contribution in [-0.4, -0.2) is 25.1 Å². The van der Waals surface area contributed by atoms with E-state index in [-0.39, 0.29) is 23.6 Å². The SMILES string of the molecule is Cn1cc(/C=C/C(=O)OCc2nc3cc(Cl)ccc3c(=O)[nH]2)c(=O)n(C)c1=O. The van der Waals surface area contributed by atoms with Crippen molar-refractivity contribution in [2.45, 2.75) is 6.61 Å². The van der Waals surface area contributed by atoms with Crippen LogP contribution < -0.4 is 16.8 Å². The Morgan fingerprint density at radius 1 is 1.29 bits per heavy atom. The smallest absolute Gasteiger partial charge is 0.331 e. The fraction of sp³-hybridized carbons (Fsp3) is 0.167. The quantitative estimate of drug-likeness (QED) is 0.508. The minimum atomic E-state index is -0.746. The van der Waals surface area contributed by atoms with Gasteiger partial charge in [0.05, 0.1) is 16.5 Å². The summed E-state index contributed by atoms with van der Waals surface area (Å²) in [5.74, 6) is -0.593. The summed E-state index contributed by atoms with van der Waals surface area (Å²) in [5.41, 5.74) is -0.863. The van der Waals surface area contributed by atoms with Crippen molar-refractivity contribution in [1.82, 2.24) is 19.1 Å². The van der Waals surface area contributed by atoms with E-state index in [9.17, 15) is 19.2 Å². The van der Waals surface area contributed by atoms with Gasteiger partial charge in [0.1, 0.15) is 12.4 Å². The van der Waals surface area contributed by atoms with Gasteiger partial charge in [-0.2, -0.15) is 0 Å². The Morgan fingerprint density at radius 2 is 2.04 bits per heavy atom. The third kappa shape index (κ3) is 3.94. The average molecular weight is 403 g/mol. The maximum absolute atomic E-state index is 12.0. The summed E-state index contributed by atoms with van der Waals surface area (Å²) in [7, 11) is 2.83. The van der Waals surface area contributed by atoms with E-state index in [0.29, 0.717) is 15.9 Å². The first-order valence-corrected chi connectivity index (χ1v) is 8.44. The minimum Gasteiger partial charge on any atom is -0.454 e. The standard InChI is InChI=1S/C18H15ClN4O5/c1-22-8-10(17(26)23(2)18(22)27)3-6-15(24)28-9-14-20-13-7-11(19)4-5-12(13)16(25)21-14/h3-8H,9H2,1-2H3,(H,20,21,25)/b6-3+. The van der Waals surface area contributed by atoms with Crippen LogP contribution in [0, 0.1) is 0 Å². The molecule has 0 aliphatic rings. The molecule has 10 heteroatoms. The number of hydrogen-bond acceptors (Lipinski definition) is 6. The summed E-state index contributed by atoms with van der Waals surface area (Å²) >= 11 is 5.90. The monoisotopic (exact) mass is 402 g/mol. The van der Waals surface area contributed by atoms with Crippen molar-refractivity contribution in [1.29, 1.82) is 0 Å². The number of nitrogens with zero attached hydrogens (tertiary/aromatic N) is 3. The molecule has 0 atom stereocenters. The molecular formula is C18H15ClN4O5. The molecule has 0 fully saturated rings. The molecule has 3 rings (SSSR count). The molecular weight excluding hydrogens is 388 g/mol. The van der Waals surface area contributed by atoms with Crippen LogP contribution in [0.25, 0.3) is 17.0 Å². The van der Waals surface area contributed by atoms with Crippen LogP contribution in [0.1, 0.15) is 11.4 Å². The second kappa shape index (κ2) is 7.65. The van der Waals surface area contributed by atoms with E-state index in [4.69, 9.17) is 16.3 Å². The third-order valence-corrected chi connectivity index (χ3v) is 4.18. The van der Waals surface area contributed by atoms with Crippen LogP contribution in [-0.2, 0) is 30.2 Å². The number of benzene rings is 1. The third-order valence-electron chi connectivity index (χ3n) is 3.94. The van der Waals surface area contributed by atoms with Crippen LogP contribution in [0.15, 0.2) is 44.9 Å². The predicted molar refractivity (Wildman–Crippen MR) is 103 cm³/mol. The lowest BCUT2D eigenvalue weighted by atomic mass is 10.2. The summed E-state index contributed by atoms with van der Waals surface area (Å²) in [6, 6.07) is 4.66. The van der Waals surface area contributed by atoms with Crippen molar-refractivity contribution in [2.75, 3.05) is 0 Å². The molecule has 3 aromatic rings. The Balaban J connectivity index is 1.75. The molecule has 2 heterocycles. The van der Waals surface area contributed by atoms with Gasteiger partial charge in [-0.15, -0.1) is 0 Å². The lowest BCUT2D eigenvalue weighted by Gasteiger charge is -2.04. The molecule has 1 aromatic carbocycles. The normalized spacial score (nSPS) is 11.2. The fourth-order valence-electron chi connectivity index (χ4n) is 2.53. The number of fused-ring (bicyclic) bond motifs is 1. The highest BCUT2D eigenvalue weighted by Crippen LogP contribution is 2.14. The van der Waals surface area contributed by atoms with Gasteiger partial charge in [-0.25, -0.2) is 14.6 Å². The number of carbonyl (C=O) groups excluding carboxylic acids is 1. The molecule has 9 nitrogen and oxygen atoms in total. The van der Waals surface area contributed by atoms with Crippen molar-refractivity contribution in [3.8, 4) is 0 Å². The second-order valence-electron chi connectivity index (χ2n) is 5.96. The Bertz CT molecular complexity index is 1290. The Labute approximate surface area is 162 Å². The molecule has 28 heavy (non-hydrogen) atoms. The average Bonchev–Trinajstić information content (AvgIpc) is 2.66. The zero-order chi connectivity index (χ0) is 20.4. The van der Waals surface area contributed by atoms with Crippen LogP contribution in [0.3, 0.4) is 0 Å². The molecule has 0 unspecified atom stereocenters. The van der Waals surface area contributed by atoms with E-state index < -0.39 is 17.2 Å². The van der Waals surface area contributed by atoms with Crippen molar-refractivity contribution >= 4 is 34.5 Å². The van der Waals surface area contributed by atoms with Gasteiger partial charge in [0.15, 0.2) is 0 Å². The second-order valence-corrected chi connectivity index (χ2v) is 6.39. The molecule has 144 valence electrons. The lowest BCUT2D eigenvalue weighted by molar-refractivity contribution is -0.139. The van der Waals surface area contributed by atoms with Crippen molar-refractivity contribution in [3.05, 3.63) is 78.1 Å². The number of aromatic nitrogens is 4. The van der Waals surface area contributed by atoms with E-state index in [1.807, 2.05) is 0 Å². The van der Waals surface area contributed by atoms with E-state index in [2.05, 4.69) is 9.97 Å². The number of ether oxygens (including phenoxy) is 1. The highest BCUT2D eigenvalue weighted by atomic mass is 35.5. The maximum atomic E-state index is 12.0. The van der Waals surface area contributed by atoms with Crippen molar-refractivity contribution in [3.63, 3.8) is 0 Å². The molecule has 0 aliphatic carbocycles. The highest BCUT2D eigenvalue weighted by molar-refractivity contribution is 6.31. The summed E-state index contributed by atoms with van der Waals surface area (Å²) in [5, 5.41) is 0.792. The number of nitrogens with one attached hydrogen (secondary N) is 1. The van der Waals surface area contributed by atoms with Gasteiger partial charge in [0, 0.05) is 31.4 Å². The number of H-pyrrole nitrogens is 1. The first kappa shape index (κ1) is 19.3. The molecule has 0 radical (unpaired) electrons. The van der Waals surface area contributed by atoms with Crippen LogP contribution in [0.4, 0.5) is 0 Å². The van der Waals surface area contributed by atoms with E-state index in [0.717, 1.165) is 10.6 Å². The lowest BCUT2D eigenvalue weighted by Crippen LogP contribution is -2.37. The largest absolute Gasteiger partial charge is 0.454 e. The number of carbonyl (C=O) groups is 1. The van der Waals surface area contributed by atoms with Crippen molar-refractivity contribution < 1.29 is 9.53 Å². The van der Waals surface area contributed by atoms with Gasteiger partial charge in [-0.05, 0) is 24.3 Å². The maximum Gasteiger partial charge on any atom is 0.331 e. The summed E-state index contributed by atoms with van der Waals surface area (Å²) in [6.45, 7) is -0.272. The summed E-state index contributed by atoms with van der Waals surface area (Å²) in [4.78, 5) is 54.3. The zero-order valence-electron chi connectivity index (χ0n) is 14.9. The Hall–Kier alpha value is -3.46. The summed E-state index contributed by atoms with van der Waals surface area (Å²) in [6.07, 6.45) is 3.62. The number of hydrogen-bond donors (Lipinski definition) is 1. The minimum absolute atomic E-state index is 0.147. The summed E-state index contributed by atoms with van der Waals surface area (Å²) < 4.78 is 7.19. The topological polar surface area (TPSA) is 116 Å². The van der Waals surface area contributed by atoms with Gasteiger partial charge >= 0.3 is 11.7 Å². The molecule has 2 aromatic heterocycles. The van der Waals surface area contributed by atoms with Crippen LogP contribution in [0.5, 0.6) is 0 Å². The van der Waals surface area contributed by atoms with E-state index in [1.165, 1.54) is 37.0 Å². The van der Waals surface area contributed by atoms with Crippen molar-refractivity contribution in [2.24, 2.45) is 14.1 Å². The Kier molecular flexibility index (Phi) is 5.27. The molecule has 0 saturated carbocycles. The number of halogens is 1. The first-order valence-electron chi connectivity index (χ1n) is 8.06. The van der Waals surface area contributed by atoms with Crippen LogP contribution >= 0.6 is 11.6 Å². The molecule has 0 bridgehead atoms. The molecule has 0 saturated heterocycles. The van der Waals surface area contributed by atoms with Gasteiger partial charge < -0.3 is 14.3 Å². The van der Waals surface area contributed by atoms with Gasteiger partial charge in [-0.1, -0.05) is 11.6 Å². The van der Waals surface area contributed by atoms with Crippen LogP contribution in [0.2, 0.25) is 5.02 Å². The molecule has 0 aliphatic heterocycles. The fourth-order valence-corrected chi connectivity index (χ4v) is 2.69. The van der Waals surface area contributed by atoms with Gasteiger partial charge in [0.2, 0.25) is 0 Å². The highest BCUT2D eigenvalue weighted by Gasteiger charge is 2.08. The van der Waals surface area contributed by atoms with E-state index >= 15 is 0 Å². The number of aromatic amines is 1. The number of rotatable bonds is 4. The molecule has 0 spiro atoms. The predicted octanol–water partition coefficient (Wildman–Crippen LogP) is 0.730. The zero-order valence-corrected chi connectivity index (χ0v) is 15.7. The number of esters is 1. The number of aryl methyl sites for hydroxylation is 1. The first-order chi connectivity index (χ1) is 13.3. The molecule has 1 N–H and O–H groups in total. The van der Waals surface area contributed by atoms with E-state index in [1.54, 1.807) is 12.1 Å². The van der Waals surface area contributed by atoms with Gasteiger partial charge in [0.25, 0.3) is 11.1 Å².